The molecule has 0 atom stereocenters. The molecule has 1 heterocycles. The Hall–Kier alpha value is -3.73. The van der Waals surface area contributed by atoms with Gasteiger partial charge in [-0.05, 0) is 114 Å². The topological polar surface area (TPSA) is 39.9 Å². The van der Waals surface area contributed by atoms with E-state index in [-0.39, 0.29) is 5.63 Å². The summed E-state index contributed by atoms with van der Waals surface area (Å²) in [6.07, 6.45) is 0. The monoisotopic (exact) mass is 553 g/mol. The molecule has 0 unspecified atom stereocenters. The van der Waals surface area contributed by atoms with Crippen LogP contribution in [0.2, 0.25) is 0 Å². The summed E-state index contributed by atoms with van der Waals surface area (Å²) in [4.78, 5) is 19.7. The van der Waals surface area contributed by atoms with Gasteiger partial charge in [-0.25, -0.2) is 4.79 Å². The average molecular weight is 554 g/mol. The highest BCUT2D eigenvalue weighted by molar-refractivity contribution is 6.09. The van der Waals surface area contributed by atoms with Crippen molar-refractivity contribution < 1.29 is 4.42 Å². The van der Waals surface area contributed by atoms with E-state index in [1.165, 1.54) is 39.2 Å². The Morgan fingerprint density at radius 3 is 1.46 bits per heavy atom. The first-order valence-corrected chi connectivity index (χ1v) is 15.3. The predicted octanol–water partition coefficient (Wildman–Crippen LogP) is 8.59. The minimum Gasteiger partial charge on any atom is -0.423 e. The number of aryl methyl sites for hydroxylation is 3. The first-order valence-electron chi connectivity index (χ1n) is 15.3. The molecule has 0 saturated heterocycles. The lowest BCUT2D eigenvalue weighted by atomic mass is 9.84. The fraction of sp³-hybridized carbons (Fsp3) is 0.417. The van der Waals surface area contributed by atoms with Crippen molar-refractivity contribution in [2.75, 3.05) is 54.0 Å². The maximum absolute atomic E-state index is 12.6. The molecule has 0 aliphatic heterocycles. The van der Waals surface area contributed by atoms with Crippen LogP contribution < -0.4 is 20.3 Å². The molecule has 5 nitrogen and oxygen atoms in total. The Morgan fingerprint density at radius 2 is 1.02 bits per heavy atom. The van der Waals surface area contributed by atoms with Gasteiger partial charge in [-0.2, -0.15) is 0 Å². The van der Waals surface area contributed by atoms with Gasteiger partial charge in [0.25, 0.3) is 0 Å². The molecule has 0 amide bonds. The van der Waals surface area contributed by atoms with E-state index in [4.69, 9.17) is 4.42 Å². The van der Waals surface area contributed by atoms with Crippen molar-refractivity contribution in [3.63, 3.8) is 0 Å². The molecule has 218 valence electrons. The van der Waals surface area contributed by atoms with Crippen LogP contribution in [0.5, 0.6) is 0 Å². The lowest BCUT2D eigenvalue weighted by Gasteiger charge is -2.29. The van der Waals surface area contributed by atoms with Crippen LogP contribution in [0.3, 0.4) is 0 Å². The molecule has 0 bridgehead atoms. The highest BCUT2D eigenvalue weighted by Crippen LogP contribution is 2.48. The van der Waals surface area contributed by atoms with Gasteiger partial charge in [0.2, 0.25) is 0 Å². The summed E-state index contributed by atoms with van der Waals surface area (Å²) in [5.41, 5.74) is 12.0. The van der Waals surface area contributed by atoms with Gasteiger partial charge < -0.3 is 19.1 Å². The molecule has 4 rings (SSSR count). The average Bonchev–Trinajstić information content (AvgIpc) is 2.95. The molecule has 0 radical (unpaired) electrons. The first-order chi connectivity index (χ1) is 19.7. The van der Waals surface area contributed by atoms with Crippen molar-refractivity contribution >= 4 is 28.0 Å². The van der Waals surface area contributed by atoms with Crippen molar-refractivity contribution in [1.29, 1.82) is 0 Å². The zero-order valence-corrected chi connectivity index (χ0v) is 26.5. The standard InChI is InChI=1S/C36H47N3O2/c1-10-37(11-2)27-16-18-29(24(7)20-27)35-31(39(14-5)15-6)23-32-34(26(9)22-33(40)41-32)36(35)30-19-17-28(21-25(30)8)38(12-3)13-4/h16-23H,10-15H2,1-9H3. The molecule has 0 aliphatic rings. The van der Waals surface area contributed by atoms with Gasteiger partial charge in [0.05, 0.1) is 0 Å². The van der Waals surface area contributed by atoms with Crippen LogP contribution in [0.4, 0.5) is 17.1 Å². The number of hydrogen-bond donors (Lipinski definition) is 0. The maximum Gasteiger partial charge on any atom is 0.336 e. The van der Waals surface area contributed by atoms with E-state index in [1.807, 2.05) is 6.92 Å². The summed E-state index contributed by atoms with van der Waals surface area (Å²) in [5, 5.41) is 1.00. The summed E-state index contributed by atoms with van der Waals surface area (Å²) in [7, 11) is 0. The Bertz CT molecular complexity index is 1570. The predicted molar refractivity (Wildman–Crippen MR) is 178 cm³/mol. The van der Waals surface area contributed by atoms with Crippen molar-refractivity contribution in [3.05, 3.63) is 75.6 Å². The van der Waals surface area contributed by atoms with Gasteiger partial charge in [0.1, 0.15) is 5.58 Å². The third-order valence-electron chi connectivity index (χ3n) is 8.53. The van der Waals surface area contributed by atoms with E-state index in [9.17, 15) is 4.79 Å². The van der Waals surface area contributed by atoms with Crippen molar-refractivity contribution in [2.45, 2.75) is 62.3 Å². The molecular formula is C36H47N3O2. The van der Waals surface area contributed by atoms with Gasteiger partial charge in [0.15, 0.2) is 0 Å². The fourth-order valence-electron chi connectivity index (χ4n) is 6.29. The molecule has 0 N–H and O–H groups in total. The second kappa shape index (κ2) is 12.8. The molecule has 3 aromatic carbocycles. The van der Waals surface area contributed by atoms with E-state index in [0.717, 1.165) is 61.5 Å². The summed E-state index contributed by atoms with van der Waals surface area (Å²) in [5.74, 6) is 0. The Balaban J connectivity index is 2.17. The quantitative estimate of drug-likeness (QED) is 0.174. The van der Waals surface area contributed by atoms with Crippen LogP contribution >= 0.6 is 0 Å². The summed E-state index contributed by atoms with van der Waals surface area (Å²) >= 11 is 0. The Labute approximate surface area is 246 Å². The number of fused-ring (bicyclic) bond motifs is 1. The van der Waals surface area contributed by atoms with Crippen LogP contribution in [-0.4, -0.2) is 39.3 Å². The molecule has 0 saturated carbocycles. The van der Waals surface area contributed by atoms with E-state index in [2.05, 4.69) is 113 Å². The summed E-state index contributed by atoms with van der Waals surface area (Å²) < 4.78 is 5.92. The number of benzene rings is 3. The van der Waals surface area contributed by atoms with Crippen LogP contribution in [0, 0.1) is 20.8 Å². The van der Waals surface area contributed by atoms with Crippen molar-refractivity contribution in [2.24, 2.45) is 0 Å². The number of rotatable bonds is 11. The van der Waals surface area contributed by atoms with Gasteiger partial charge in [-0.3, -0.25) is 0 Å². The van der Waals surface area contributed by atoms with Gasteiger partial charge >= 0.3 is 5.63 Å². The van der Waals surface area contributed by atoms with Crippen molar-refractivity contribution in [1.82, 2.24) is 0 Å². The lowest BCUT2D eigenvalue weighted by Crippen LogP contribution is -2.23. The smallest absolute Gasteiger partial charge is 0.336 e. The fourth-order valence-corrected chi connectivity index (χ4v) is 6.29. The lowest BCUT2D eigenvalue weighted by molar-refractivity contribution is 0.560. The van der Waals surface area contributed by atoms with Crippen LogP contribution in [0.1, 0.15) is 58.2 Å². The first kappa shape index (κ1) is 30.2. The number of anilines is 3. The third-order valence-corrected chi connectivity index (χ3v) is 8.53. The molecule has 5 heteroatoms. The molecule has 0 aliphatic carbocycles. The van der Waals surface area contributed by atoms with E-state index < -0.39 is 0 Å². The maximum atomic E-state index is 12.6. The van der Waals surface area contributed by atoms with Crippen LogP contribution in [-0.2, 0) is 0 Å². The Morgan fingerprint density at radius 1 is 0.561 bits per heavy atom. The highest BCUT2D eigenvalue weighted by atomic mass is 16.4. The zero-order chi connectivity index (χ0) is 29.8. The molecular weight excluding hydrogens is 506 g/mol. The van der Waals surface area contributed by atoms with E-state index in [0.29, 0.717) is 5.58 Å². The molecule has 41 heavy (non-hydrogen) atoms. The number of hydrogen-bond acceptors (Lipinski definition) is 5. The summed E-state index contributed by atoms with van der Waals surface area (Å²) in [6.45, 7) is 25.2. The third kappa shape index (κ3) is 5.72. The normalized spacial score (nSPS) is 11.2. The van der Waals surface area contributed by atoms with Gasteiger partial charge in [-0.1, -0.05) is 12.1 Å². The van der Waals surface area contributed by atoms with E-state index >= 15 is 0 Å². The van der Waals surface area contributed by atoms with Crippen molar-refractivity contribution in [3.8, 4) is 22.3 Å². The Kier molecular flexibility index (Phi) is 9.47. The zero-order valence-electron chi connectivity index (χ0n) is 26.5. The van der Waals surface area contributed by atoms with Crippen LogP contribution in [0.15, 0.2) is 57.7 Å². The second-order valence-corrected chi connectivity index (χ2v) is 10.8. The largest absolute Gasteiger partial charge is 0.423 e. The van der Waals surface area contributed by atoms with E-state index in [1.54, 1.807) is 6.07 Å². The molecule has 0 fully saturated rings. The minimum absolute atomic E-state index is 0.312. The SMILES string of the molecule is CCN(CC)c1ccc(-c2c(N(CC)CC)cc3oc(=O)cc(C)c3c2-c2ccc(N(CC)CC)cc2C)c(C)c1. The van der Waals surface area contributed by atoms with Crippen LogP contribution in [0.25, 0.3) is 33.2 Å². The molecule has 4 aromatic rings. The van der Waals surface area contributed by atoms with Gasteiger partial charge in [0, 0.05) is 85.0 Å². The number of nitrogens with zero attached hydrogens (tertiary/aromatic N) is 3. The molecule has 1 aromatic heterocycles. The highest BCUT2D eigenvalue weighted by Gasteiger charge is 2.25. The summed E-state index contributed by atoms with van der Waals surface area (Å²) in [6, 6.07) is 17.4. The van der Waals surface area contributed by atoms with Gasteiger partial charge in [-0.15, -0.1) is 0 Å². The molecule has 0 spiro atoms. The second-order valence-electron chi connectivity index (χ2n) is 10.8. The minimum atomic E-state index is -0.312.